The molecule has 1 unspecified atom stereocenters. The average molecular weight is 877 g/mol. The summed E-state index contributed by atoms with van der Waals surface area (Å²) in [5, 5.41) is 7.49. The molecule has 0 aromatic heterocycles. The SMILES string of the molecule is CCC1(c2ccccc2-c2ccccc2)c2ccccc2-c2ccc(-c3c4ccccc4c(-c4ccc(-c5cc(-c6ccccc6)cc(-c6ccccc6)c5)c5ccccc45)c4ccccc34)cc21. The fourth-order valence-electron chi connectivity index (χ4n) is 12.0. The van der Waals surface area contributed by atoms with Crippen molar-refractivity contribution in [3.8, 4) is 77.9 Å². The second-order valence-corrected chi connectivity index (χ2v) is 18.6. The molecule has 0 fully saturated rings. The Morgan fingerprint density at radius 2 is 0.623 bits per heavy atom. The van der Waals surface area contributed by atoms with Crippen LogP contribution in [0.2, 0.25) is 0 Å². The standard InChI is InChI=1S/C69H48/c1-2-69(64-36-20-18-28-54(64)48-26-10-5-11-27-48)65-37-21-19-31-57(65)58-39-38-49(45-66(58)69)67-59-32-14-16-34-61(59)68(62-35-17-15-33-60(62)67)63-41-40-53(55-29-12-13-30-56(55)63)52-43-50(46-22-6-3-7-23-46)42-51(44-52)47-24-8-4-9-25-47/h3-45H,2H2,1H3. The minimum Gasteiger partial charge on any atom is -0.0639 e. The van der Waals surface area contributed by atoms with E-state index in [0.717, 1.165) is 6.42 Å². The lowest BCUT2D eigenvalue weighted by atomic mass is 9.68. The fourth-order valence-corrected chi connectivity index (χ4v) is 12.0. The third-order valence-corrected chi connectivity index (χ3v) is 15.0. The predicted octanol–water partition coefficient (Wildman–Crippen LogP) is 18.9. The zero-order valence-corrected chi connectivity index (χ0v) is 38.5. The van der Waals surface area contributed by atoms with Crippen molar-refractivity contribution in [2.75, 3.05) is 0 Å². The first-order valence-electron chi connectivity index (χ1n) is 24.3. The van der Waals surface area contributed by atoms with Crippen LogP contribution in [0.5, 0.6) is 0 Å². The summed E-state index contributed by atoms with van der Waals surface area (Å²) >= 11 is 0. The first kappa shape index (κ1) is 40.7. The highest BCUT2D eigenvalue weighted by Crippen LogP contribution is 2.57. The highest BCUT2D eigenvalue weighted by Gasteiger charge is 2.44. The van der Waals surface area contributed by atoms with Gasteiger partial charge in [-0.25, -0.2) is 0 Å². The monoisotopic (exact) mass is 876 g/mol. The van der Waals surface area contributed by atoms with Crippen LogP contribution in [0, 0.1) is 0 Å². The summed E-state index contributed by atoms with van der Waals surface area (Å²) in [5.74, 6) is 0. The molecule has 1 aliphatic rings. The molecule has 13 rings (SSSR count). The highest BCUT2D eigenvalue weighted by atomic mass is 14.5. The minimum atomic E-state index is -0.344. The molecule has 0 aliphatic heterocycles. The maximum Gasteiger partial charge on any atom is 0.0467 e. The summed E-state index contributed by atoms with van der Waals surface area (Å²) in [6, 6.07) is 97.1. The molecule has 0 saturated heterocycles. The quantitative estimate of drug-likeness (QED) is 0.133. The Balaban J connectivity index is 1.02. The smallest absolute Gasteiger partial charge is 0.0467 e. The highest BCUT2D eigenvalue weighted by molar-refractivity contribution is 6.24. The van der Waals surface area contributed by atoms with Crippen LogP contribution in [0.25, 0.3) is 110 Å². The number of hydrogen-bond acceptors (Lipinski definition) is 0. The van der Waals surface area contributed by atoms with E-state index in [2.05, 4.69) is 268 Å². The van der Waals surface area contributed by atoms with Gasteiger partial charge in [0.25, 0.3) is 0 Å². The van der Waals surface area contributed by atoms with Crippen molar-refractivity contribution in [2.24, 2.45) is 0 Å². The van der Waals surface area contributed by atoms with Crippen molar-refractivity contribution in [3.05, 3.63) is 278 Å². The van der Waals surface area contributed by atoms with Gasteiger partial charge in [-0.1, -0.05) is 244 Å². The lowest BCUT2D eigenvalue weighted by Crippen LogP contribution is -2.27. The Hall–Kier alpha value is -8.58. The summed E-state index contributed by atoms with van der Waals surface area (Å²) in [5.41, 5.74) is 21.2. The van der Waals surface area contributed by atoms with E-state index in [4.69, 9.17) is 0 Å². The first-order chi connectivity index (χ1) is 34.2. The number of benzene rings is 12. The van der Waals surface area contributed by atoms with Crippen LogP contribution in [-0.4, -0.2) is 0 Å². The summed E-state index contributed by atoms with van der Waals surface area (Å²) in [4.78, 5) is 0. The van der Waals surface area contributed by atoms with Crippen molar-refractivity contribution in [3.63, 3.8) is 0 Å². The van der Waals surface area contributed by atoms with Gasteiger partial charge in [-0.3, -0.25) is 0 Å². The maximum absolute atomic E-state index is 2.55. The van der Waals surface area contributed by atoms with Crippen LogP contribution >= 0.6 is 0 Å². The van der Waals surface area contributed by atoms with Crippen LogP contribution < -0.4 is 0 Å². The zero-order valence-electron chi connectivity index (χ0n) is 38.5. The van der Waals surface area contributed by atoms with Crippen molar-refractivity contribution < 1.29 is 0 Å². The summed E-state index contributed by atoms with van der Waals surface area (Å²) in [6.07, 6.45) is 0.929. The summed E-state index contributed by atoms with van der Waals surface area (Å²) < 4.78 is 0. The fraction of sp³-hybridized carbons (Fsp3) is 0.0435. The Kier molecular flexibility index (Phi) is 9.80. The molecule has 12 aromatic rings. The molecule has 0 spiro atoms. The summed E-state index contributed by atoms with van der Waals surface area (Å²) in [6.45, 7) is 2.37. The number of hydrogen-bond donors (Lipinski definition) is 0. The molecule has 69 heavy (non-hydrogen) atoms. The first-order valence-corrected chi connectivity index (χ1v) is 24.3. The van der Waals surface area contributed by atoms with Crippen LogP contribution in [-0.2, 0) is 5.41 Å². The van der Waals surface area contributed by atoms with Gasteiger partial charge in [-0.2, -0.15) is 0 Å². The second-order valence-electron chi connectivity index (χ2n) is 18.6. The summed E-state index contributed by atoms with van der Waals surface area (Å²) in [7, 11) is 0. The Labute approximate surface area is 404 Å². The molecule has 0 radical (unpaired) electrons. The molecule has 0 bridgehead atoms. The van der Waals surface area contributed by atoms with E-state index >= 15 is 0 Å². The van der Waals surface area contributed by atoms with Crippen LogP contribution in [0.1, 0.15) is 30.0 Å². The van der Waals surface area contributed by atoms with Gasteiger partial charge in [0.15, 0.2) is 0 Å². The van der Waals surface area contributed by atoms with Gasteiger partial charge in [-0.15, -0.1) is 0 Å². The number of fused-ring (bicyclic) bond motifs is 6. The van der Waals surface area contributed by atoms with Crippen molar-refractivity contribution in [2.45, 2.75) is 18.8 Å². The van der Waals surface area contributed by atoms with Gasteiger partial charge in [0.05, 0.1) is 0 Å². The molecule has 0 nitrogen and oxygen atoms in total. The largest absolute Gasteiger partial charge is 0.0639 e. The Morgan fingerprint density at radius 3 is 1.19 bits per heavy atom. The molecule has 324 valence electrons. The van der Waals surface area contributed by atoms with E-state index in [-0.39, 0.29) is 5.41 Å². The van der Waals surface area contributed by atoms with E-state index in [1.165, 1.54) is 127 Å². The third kappa shape index (κ3) is 6.51. The molecular formula is C69H48. The normalized spacial score (nSPS) is 14.0. The van der Waals surface area contributed by atoms with Crippen molar-refractivity contribution in [1.29, 1.82) is 0 Å². The van der Waals surface area contributed by atoms with E-state index in [9.17, 15) is 0 Å². The van der Waals surface area contributed by atoms with Gasteiger partial charge in [0.2, 0.25) is 0 Å². The topological polar surface area (TPSA) is 0 Å². The van der Waals surface area contributed by atoms with Gasteiger partial charge >= 0.3 is 0 Å². The zero-order chi connectivity index (χ0) is 45.9. The van der Waals surface area contributed by atoms with Crippen LogP contribution in [0.4, 0.5) is 0 Å². The molecule has 1 aliphatic carbocycles. The third-order valence-electron chi connectivity index (χ3n) is 15.0. The molecule has 0 N–H and O–H groups in total. The molecule has 1 atom stereocenters. The van der Waals surface area contributed by atoms with E-state index in [1.807, 2.05) is 0 Å². The van der Waals surface area contributed by atoms with Gasteiger partial charge in [-0.05, 0) is 158 Å². The predicted molar refractivity (Wildman–Crippen MR) is 294 cm³/mol. The van der Waals surface area contributed by atoms with Crippen molar-refractivity contribution in [1.82, 2.24) is 0 Å². The molecule has 0 heterocycles. The molecule has 12 aromatic carbocycles. The number of rotatable bonds is 8. The van der Waals surface area contributed by atoms with Gasteiger partial charge in [0, 0.05) is 5.41 Å². The van der Waals surface area contributed by atoms with E-state index in [1.54, 1.807) is 0 Å². The van der Waals surface area contributed by atoms with Crippen LogP contribution in [0.15, 0.2) is 261 Å². The molecule has 0 heteroatoms. The minimum absolute atomic E-state index is 0.344. The molecule has 0 saturated carbocycles. The van der Waals surface area contributed by atoms with E-state index < -0.39 is 0 Å². The maximum atomic E-state index is 2.55. The second kappa shape index (κ2) is 16.6. The van der Waals surface area contributed by atoms with Gasteiger partial charge < -0.3 is 0 Å². The van der Waals surface area contributed by atoms with E-state index in [0.29, 0.717) is 0 Å². The molecule has 0 amide bonds. The van der Waals surface area contributed by atoms with Crippen molar-refractivity contribution >= 4 is 32.3 Å². The van der Waals surface area contributed by atoms with Gasteiger partial charge in [0.1, 0.15) is 0 Å². The molecular weight excluding hydrogens is 829 g/mol. The Morgan fingerprint density at radius 1 is 0.232 bits per heavy atom. The lowest BCUT2D eigenvalue weighted by Gasteiger charge is -2.34. The average Bonchev–Trinajstić information content (AvgIpc) is 3.72. The lowest BCUT2D eigenvalue weighted by molar-refractivity contribution is 0.611. The van der Waals surface area contributed by atoms with Crippen LogP contribution in [0.3, 0.4) is 0 Å². The Bertz CT molecular complexity index is 3800.